The van der Waals surface area contributed by atoms with Crippen molar-refractivity contribution >= 4 is 11.8 Å². The molecule has 0 radical (unpaired) electrons. The van der Waals surface area contributed by atoms with E-state index in [2.05, 4.69) is 0 Å². The minimum atomic E-state index is -0.766. The van der Waals surface area contributed by atoms with Crippen LogP contribution in [0.4, 0.5) is 4.39 Å². The zero-order valence-corrected chi connectivity index (χ0v) is 7.27. The first-order chi connectivity index (χ1) is 5.33. The van der Waals surface area contributed by atoms with Crippen molar-refractivity contribution in [2.75, 3.05) is 0 Å². The molecule has 1 atom stereocenters. The molecule has 0 saturated heterocycles. The molecule has 0 heterocycles. The van der Waals surface area contributed by atoms with Crippen molar-refractivity contribution in [3.05, 3.63) is 30.3 Å². The third-order valence-electron chi connectivity index (χ3n) is 1.33. The standard InChI is InChI=1S/C9H11FS/c1-2-9(10)11-8-6-4-3-5-7-8/h3-7,9H,2H2,1H3. The zero-order chi connectivity index (χ0) is 8.10. The van der Waals surface area contributed by atoms with Gasteiger partial charge in [-0.05, 0) is 18.6 Å². The lowest BCUT2D eigenvalue weighted by Gasteiger charge is -2.03. The number of thioether (sulfide) groups is 1. The van der Waals surface area contributed by atoms with Gasteiger partial charge in [-0.15, -0.1) is 0 Å². The molecule has 1 unspecified atom stereocenters. The predicted octanol–water partition coefficient (Wildman–Crippen LogP) is 3.48. The van der Waals surface area contributed by atoms with E-state index in [4.69, 9.17) is 0 Å². The normalized spacial score (nSPS) is 12.9. The van der Waals surface area contributed by atoms with Crippen molar-refractivity contribution in [1.29, 1.82) is 0 Å². The lowest BCUT2D eigenvalue weighted by atomic mass is 10.4. The van der Waals surface area contributed by atoms with E-state index in [1.165, 1.54) is 11.8 Å². The average molecular weight is 170 g/mol. The molecule has 0 bridgehead atoms. The van der Waals surface area contributed by atoms with Crippen LogP contribution in [0.3, 0.4) is 0 Å². The molecule has 2 heteroatoms. The SMILES string of the molecule is CCC(F)Sc1ccccc1. The summed E-state index contributed by atoms with van der Waals surface area (Å²) in [5, 5.41) is 0. The van der Waals surface area contributed by atoms with E-state index in [0.29, 0.717) is 6.42 Å². The molecule has 0 spiro atoms. The van der Waals surface area contributed by atoms with Crippen molar-refractivity contribution in [2.45, 2.75) is 23.7 Å². The van der Waals surface area contributed by atoms with Gasteiger partial charge in [-0.3, -0.25) is 0 Å². The van der Waals surface area contributed by atoms with Gasteiger partial charge in [0.25, 0.3) is 0 Å². The lowest BCUT2D eigenvalue weighted by molar-refractivity contribution is 0.443. The summed E-state index contributed by atoms with van der Waals surface area (Å²) in [5.74, 6) is 0. The number of hydrogen-bond donors (Lipinski definition) is 0. The van der Waals surface area contributed by atoms with Crippen LogP contribution < -0.4 is 0 Å². The van der Waals surface area contributed by atoms with Gasteiger partial charge in [0.05, 0.1) is 0 Å². The van der Waals surface area contributed by atoms with Gasteiger partial charge in [0.15, 0.2) is 0 Å². The minimum absolute atomic E-state index is 0.569. The second kappa shape index (κ2) is 4.39. The fourth-order valence-corrected chi connectivity index (χ4v) is 1.51. The fraction of sp³-hybridized carbons (Fsp3) is 0.333. The number of hydrogen-bond acceptors (Lipinski definition) is 1. The Balaban J connectivity index is 2.51. The highest BCUT2D eigenvalue weighted by Crippen LogP contribution is 2.25. The van der Waals surface area contributed by atoms with Crippen LogP contribution in [-0.4, -0.2) is 5.50 Å². The van der Waals surface area contributed by atoms with Gasteiger partial charge in [-0.2, -0.15) is 0 Å². The summed E-state index contributed by atoms with van der Waals surface area (Å²) in [4.78, 5) is 1.00. The second-order valence-corrected chi connectivity index (χ2v) is 3.47. The Morgan fingerprint density at radius 1 is 1.36 bits per heavy atom. The molecule has 0 amide bonds. The molecule has 0 aliphatic heterocycles. The van der Waals surface area contributed by atoms with Gasteiger partial charge in [0.2, 0.25) is 0 Å². The highest BCUT2D eigenvalue weighted by atomic mass is 32.2. The van der Waals surface area contributed by atoms with E-state index < -0.39 is 5.50 Å². The van der Waals surface area contributed by atoms with E-state index in [9.17, 15) is 4.39 Å². The molecule has 0 fully saturated rings. The summed E-state index contributed by atoms with van der Waals surface area (Å²) in [6.07, 6.45) is 0.569. The molecular weight excluding hydrogens is 159 g/mol. The van der Waals surface area contributed by atoms with Crippen LogP contribution in [0.2, 0.25) is 0 Å². The van der Waals surface area contributed by atoms with Crippen molar-refractivity contribution in [3.8, 4) is 0 Å². The Morgan fingerprint density at radius 2 is 2.00 bits per heavy atom. The number of halogens is 1. The van der Waals surface area contributed by atoms with Crippen molar-refractivity contribution in [2.24, 2.45) is 0 Å². The monoisotopic (exact) mass is 170 g/mol. The van der Waals surface area contributed by atoms with Crippen LogP contribution in [0.25, 0.3) is 0 Å². The van der Waals surface area contributed by atoms with Gasteiger partial charge in [0.1, 0.15) is 5.50 Å². The van der Waals surface area contributed by atoms with Crippen LogP contribution in [0, 0.1) is 0 Å². The van der Waals surface area contributed by atoms with Gasteiger partial charge in [-0.1, -0.05) is 36.9 Å². The molecule has 0 nitrogen and oxygen atoms in total. The van der Waals surface area contributed by atoms with Crippen LogP contribution in [-0.2, 0) is 0 Å². The van der Waals surface area contributed by atoms with Gasteiger partial charge >= 0.3 is 0 Å². The second-order valence-electron chi connectivity index (χ2n) is 2.25. The maximum atomic E-state index is 12.8. The third kappa shape index (κ3) is 2.93. The Kier molecular flexibility index (Phi) is 3.43. The molecular formula is C9H11FS. The minimum Gasteiger partial charge on any atom is -0.235 e. The predicted molar refractivity (Wildman–Crippen MR) is 47.5 cm³/mol. The molecule has 0 N–H and O–H groups in total. The largest absolute Gasteiger partial charge is 0.235 e. The number of alkyl halides is 1. The summed E-state index contributed by atoms with van der Waals surface area (Å²) < 4.78 is 12.8. The van der Waals surface area contributed by atoms with E-state index in [1.807, 2.05) is 37.3 Å². The van der Waals surface area contributed by atoms with Gasteiger partial charge in [0, 0.05) is 4.90 Å². The number of benzene rings is 1. The lowest BCUT2D eigenvalue weighted by Crippen LogP contribution is -1.88. The Morgan fingerprint density at radius 3 is 2.55 bits per heavy atom. The fourth-order valence-electron chi connectivity index (χ4n) is 0.730. The van der Waals surface area contributed by atoms with Crippen molar-refractivity contribution < 1.29 is 4.39 Å². The summed E-state index contributed by atoms with van der Waals surface area (Å²) in [7, 11) is 0. The smallest absolute Gasteiger partial charge is 0.150 e. The molecule has 0 aliphatic rings. The molecule has 0 aliphatic carbocycles. The van der Waals surface area contributed by atoms with Crippen LogP contribution in [0.15, 0.2) is 35.2 Å². The van der Waals surface area contributed by atoms with Crippen LogP contribution in [0.1, 0.15) is 13.3 Å². The molecule has 0 saturated carbocycles. The van der Waals surface area contributed by atoms with Crippen LogP contribution >= 0.6 is 11.8 Å². The highest BCUT2D eigenvalue weighted by Gasteiger charge is 2.03. The van der Waals surface area contributed by atoms with E-state index >= 15 is 0 Å². The molecule has 1 aromatic carbocycles. The van der Waals surface area contributed by atoms with Crippen molar-refractivity contribution in [1.82, 2.24) is 0 Å². The first-order valence-electron chi connectivity index (χ1n) is 3.68. The summed E-state index contributed by atoms with van der Waals surface area (Å²) >= 11 is 1.28. The van der Waals surface area contributed by atoms with E-state index in [1.54, 1.807) is 0 Å². The quantitative estimate of drug-likeness (QED) is 0.626. The maximum Gasteiger partial charge on any atom is 0.150 e. The first kappa shape index (κ1) is 8.60. The summed E-state index contributed by atoms with van der Waals surface area (Å²) in [6, 6.07) is 9.62. The Hall–Kier alpha value is -0.500. The highest BCUT2D eigenvalue weighted by molar-refractivity contribution is 7.99. The molecule has 60 valence electrons. The molecule has 0 aromatic heterocycles. The average Bonchev–Trinajstić information content (AvgIpc) is 2.06. The molecule has 1 rings (SSSR count). The van der Waals surface area contributed by atoms with Gasteiger partial charge in [-0.25, -0.2) is 4.39 Å². The zero-order valence-electron chi connectivity index (χ0n) is 6.46. The molecule has 1 aromatic rings. The Labute approximate surface area is 70.8 Å². The maximum absolute atomic E-state index is 12.8. The third-order valence-corrected chi connectivity index (χ3v) is 2.46. The Bertz CT molecular complexity index is 198. The molecule has 11 heavy (non-hydrogen) atoms. The van der Waals surface area contributed by atoms with E-state index in [-0.39, 0.29) is 0 Å². The summed E-state index contributed by atoms with van der Waals surface area (Å²) in [6.45, 7) is 1.85. The van der Waals surface area contributed by atoms with Crippen LogP contribution in [0.5, 0.6) is 0 Å². The summed E-state index contributed by atoms with van der Waals surface area (Å²) in [5.41, 5.74) is -0.766. The topological polar surface area (TPSA) is 0 Å². The van der Waals surface area contributed by atoms with E-state index in [0.717, 1.165) is 4.90 Å². The van der Waals surface area contributed by atoms with Crippen molar-refractivity contribution in [3.63, 3.8) is 0 Å². The number of rotatable bonds is 3. The first-order valence-corrected chi connectivity index (χ1v) is 4.56. The van der Waals surface area contributed by atoms with Gasteiger partial charge < -0.3 is 0 Å².